The van der Waals surface area contributed by atoms with Crippen molar-refractivity contribution in [3.05, 3.63) is 0 Å². The fourth-order valence-corrected chi connectivity index (χ4v) is 2.05. The van der Waals surface area contributed by atoms with E-state index in [1.54, 1.807) is 7.05 Å². The number of amides is 2. The molecule has 0 saturated carbocycles. The lowest BCUT2D eigenvalue weighted by atomic mass is 9.91. The average Bonchev–Trinajstić information content (AvgIpc) is 2.34. The minimum absolute atomic E-state index is 0.0153. The largest absolute Gasteiger partial charge is 0.368 e. The molecule has 2 amide bonds. The Hall–Kier alpha value is -1.10. The number of primary amides is 1. The van der Waals surface area contributed by atoms with Crippen molar-refractivity contribution in [3.63, 3.8) is 0 Å². The predicted molar refractivity (Wildman–Crippen MR) is 57.0 cm³/mol. The van der Waals surface area contributed by atoms with Crippen molar-refractivity contribution in [2.45, 2.75) is 38.3 Å². The lowest BCUT2D eigenvalue weighted by Gasteiger charge is -2.17. The van der Waals surface area contributed by atoms with E-state index in [0.717, 1.165) is 6.42 Å². The van der Waals surface area contributed by atoms with E-state index in [1.807, 2.05) is 13.8 Å². The van der Waals surface area contributed by atoms with Crippen molar-refractivity contribution in [2.75, 3.05) is 7.05 Å². The number of nitrogens with two attached hydrogens (primary N) is 1. The number of nitrogens with one attached hydrogen (secondary N) is 2. The molecule has 0 aromatic heterocycles. The van der Waals surface area contributed by atoms with E-state index in [9.17, 15) is 9.59 Å². The van der Waals surface area contributed by atoms with Gasteiger partial charge in [-0.2, -0.15) is 0 Å². The van der Waals surface area contributed by atoms with Gasteiger partial charge < -0.3 is 16.4 Å². The molecule has 0 aliphatic carbocycles. The number of hydrogen-bond donors (Lipinski definition) is 3. The van der Waals surface area contributed by atoms with Gasteiger partial charge in [-0.15, -0.1) is 0 Å². The lowest BCUT2D eigenvalue weighted by Crippen LogP contribution is -2.41. The van der Waals surface area contributed by atoms with Gasteiger partial charge in [-0.3, -0.25) is 9.59 Å². The molecule has 1 fully saturated rings. The quantitative estimate of drug-likeness (QED) is 0.581. The molecule has 0 aromatic rings. The Morgan fingerprint density at radius 2 is 2.33 bits per heavy atom. The van der Waals surface area contributed by atoms with E-state index in [-0.39, 0.29) is 17.4 Å². The van der Waals surface area contributed by atoms with Crippen molar-refractivity contribution >= 4 is 11.8 Å². The van der Waals surface area contributed by atoms with Gasteiger partial charge in [0.2, 0.25) is 11.8 Å². The van der Waals surface area contributed by atoms with E-state index < -0.39 is 11.9 Å². The average molecular weight is 213 g/mol. The highest BCUT2D eigenvalue weighted by Crippen LogP contribution is 2.27. The number of carbonyl (C=O) groups is 2. The third-order valence-electron chi connectivity index (χ3n) is 2.80. The van der Waals surface area contributed by atoms with Crippen LogP contribution in [0.1, 0.15) is 26.7 Å². The first-order valence-electron chi connectivity index (χ1n) is 5.14. The lowest BCUT2D eigenvalue weighted by molar-refractivity contribution is -0.124. The van der Waals surface area contributed by atoms with Gasteiger partial charge in [0, 0.05) is 11.5 Å². The van der Waals surface area contributed by atoms with Crippen LogP contribution < -0.4 is 16.4 Å². The number of hydrogen-bond acceptors (Lipinski definition) is 3. The van der Waals surface area contributed by atoms with Crippen LogP contribution >= 0.6 is 0 Å². The second kappa shape index (κ2) is 4.18. The van der Waals surface area contributed by atoms with Crippen LogP contribution in [0.15, 0.2) is 0 Å². The monoisotopic (exact) mass is 213 g/mol. The van der Waals surface area contributed by atoms with Gasteiger partial charge in [-0.1, -0.05) is 0 Å². The Morgan fingerprint density at radius 1 is 1.73 bits per heavy atom. The maximum Gasteiger partial charge on any atom is 0.234 e. The summed E-state index contributed by atoms with van der Waals surface area (Å²) < 4.78 is 0. The van der Waals surface area contributed by atoms with Crippen molar-refractivity contribution in [3.8, 4) is 0 Å². The Bertz CT molecular complexity index is 276. The zero-order valence-electron chi connectivity index (χ0n) is 9.46. The molecule has 5 nitrogen and oxygen atoms in total. The van der Waals surface area contributed by atoms with E-state index >= 15 is 0 Å². The Kier molecular flexibility index (Phi) is 3.34. The Labute approximate surface area is 89.8 Å². The third kappa shape index (κ3) is 2.92. The number of carbonyl (C=O) groups excluding carboxylic acids is 2. The van der Waals surface area contributed by atoms with Crippen LogP contribution in [0.5, 0.6) is 0 Å². The van der Waals surface area contributed by atoms with Crippen LogP contribution in [-0.2, 0) is 9.59 Å². The molecule has 0 bridgehead atoms. The zero-order chi connectivity index (χ0) is 11.6. The first kappa shape index (κ1) is 12.0. The molecule has 86 valence electrons. The molecule has 5 heteroatoms. The van der Waals surface area contributed by atoms with Crippen LogP contribution in [0, 0.1) is 5.92 Å². The van der Waals surface area contributed by atoms with Gasteiger partial charge >= 0.3 is 0 Å². The molecule has 4 N–H and O–H groups in total. The maximum absolute atomic E-state index is 11.6. The van der Waals surface area contributed by atoms with Gasteiger partial charge in [0.25, 0.3) is 0 Å². The molecule has 2 unspecified atom stereocenters. The summed E-state index contributed by atoms with van der Waals surface area (Å²) in [7, 11) is 1.67. The summed E-state index contributed by atoms with van der Waals surface area (Å²) in [5.41, 5.74) is 5.04. The summed E-state index contributed by atoms with van der Waals surface area (Å²) in [6.07, 6.45) is 1.22. The summed E-state index contributed by atoms with van der Waals surface area (Å²) in [6, 6.07) is -0.422. The van der Waals surface area contributed by atoms with Crippen LogP contribution in [0.4, 0.5) is 0 Å². The summed E-state index contributed by atoms with van der Waals surface area (Å²) in [5, 5.41) is 5.71. The molecule has 1 aliphatic rings. The summed E-state index contributed by atoms with van der Waals surface area (Å²) in [6.45, 7) is 3.95. The van der Waals surface area contributed by atoms with Gasteiger partial charge in [0.05, 0.1) is 6.04 Å². The molecule has 1 saturated heterocycles. The smallest absolute Gasteiger partial charge is 0.234 e. The van der Waals surface area contributed by atoms with Crippen LogP contribution in [0.25, 0.3) is 0 Å². The molecular formula is C10H19N3O2. The van der Waals surface area contributed by atoms with Crippen molar-refractivity contribution in [1.82, 2.24) is 10.6 Å². The van der Waals surface area contributed by atoms with Gasteiger partial charge in [-0.25, -0.2) is 0 Å². The van der Waals surface area contributed by atoms with Crippen LogP contribution in [0.2, 0.25) is 0 Å². The molecular weight excluding hydrogens is 194 g/mol. The second-order valence-corrected chi connectivity index (χ2v) is 4.75. The van der Waals surface area contributed by atoms with Gasteiger partial charge in [0.1, 0.15) is 0 Å². The summed E-state index contributed by atoms with van der Waals surface area (Å²) >= 11 is 0. The van der Waals surface area contributed by atoms with E-state index in [0.29, 0.717) is 6.42 Å². The molecule has 2 atom stereocenters. The fourth-order valence-electron chi connectivity index (χ4n) is 2.05. The van der Waals surface area contributed by atoms with E-state index in [4.69, 9.17) is 5.73 Å². The molecule has 0 radical (unpaired) electrons. The van der Waals surface area contributed by atoms with Gasteiger partial charge in [0.15, 0.2) is 0 Å². The number of rotatable bonds is 4. The molecule has 1 heterocycles. The maximum atomic E-state index is 11.6. The highest BCUT2D eigenvalue weighted by Gasteiger charge is 2.38. The van der Waals surface area contributed by atoms with E-state index in [1.165, 1.54) is 0 Å². The molecule has 1 rings (SSSR count). The van der Waals surface area contributed by atoms with Crippen molar-refractivity contribution in [1.29, 1.82) is 0 Å². The minimum Gasteiger partial charge on any atom is -0.368 e. The van der Waals surface area contributed by atoms with Crippen LogP contribution in [-0.4, -0.2) is 30.4 Å². The predicted octanol–water partition coefficient (Wildman–Crippen LogP) is -0.635. The van der Waals surface area contributed by atoms with Crippen molar-refractivity contribution < 1.29 is 9.59 Å². The second-order valence-electron chi connectivity index (χ2n) is 4.75. The van der Waals surface area contributed by atoms with Crippen molar-refractivity contribution in [2.24, 2.45) is 11.7 Å². The topological polar surface area (TPSA) is 84.2 Å². The third-order valence-corrected chi connectivity index (χ3v) is 2.80. The molecule has 0 spiro atoms. The summed E-state index contributed by atoms with van der Waals surface area (Å²) in [5.74, 6) is -0.513. The molecule has 15 heavy (non-hydrogen) atoms. The normalized spacial score (nSPS) is 26.1. The SMILES string of the molecule is CNC(CC1CC(C)(C)NC1=O)C(N)=O. The molecule has 1 aliphatic heterocycles. The first-order valence-corrected chi connectivity index (χ1v) is 5.14. The highest BCUT2D eigenvalue weighted by molar-refractivity contribution is 5.84. The fraction of sp³-hybridized carbons (Fsp3) is 0.800. The highest BCUT2D eigenvalue weighted by atomic mass is 16.2. The number of likely N-dealkylation sites (N-methyl/N-ethyl adjacent to an activating group) is 1. The minimum atomic E-state index is -0.422. The summed E-state index contributed by atoms with van der Waals surface area (Å²) in [4.78, 5) is 22.6. The zero-order valence-corrected chi connectivity index (χ0v) is 9.46. The Balaban J connectivity index is 2.59. The van der Waals surface area contributed by atoms with Gasteiger partial charge in [-0.05, 0) is 33.7 Å². The van der Waals surface area contributed by atoms with Crippen LogP contribution in [0.3, 0.4) is 0 Å². The Morgan fingerprint density at radius 3 is 2.67 bits per heavy atom. The standard InChI is InChI=1S/C10H19N3O2/c1-10(2)5-6(9(15)13-10)4-7(12-3)8(11)14/h6-7,12H,4-5H2,1-3H3,(H2,11,14)(H,13,15). The van der Waals surface area contributed by atoms with E-state index in [2.05, 4.69) is 10.6 Å². The molecule has 0 aromatic carbocycles. The first-order chi connectivity index (χ1) is 6.85.